The van der Waals surface area contributed by atoms with Gasteiger partial charge in [-0.05, 0) is 18.9 Å². The SMILES string of the molecule is C=C/C(=C(/F)C(=C)C)C(N)CCO. The Kier molecular flexibility index (Phi) is 5.26. The molecule has 2 nitrogen and oxygen atoms in total. The van der Waals surface area contributed by atoms with Crippen LogP contribution in [-0.2, 0) is 0 Å². The molecule has 0 spiro atoms. The first-order valence-corrected chi connectivity index (χ1v) is 4.09. The van der Waals surface area contributed by atoms with Gasteiger partial charge in [0.05, 0.1) is 0 Å². The van der Waals surface area contributed by atoms with E-state index < -0.39 is 11.9 Å². The molecule has 0 aliphatic carbocycles. The van der Waals surface area contributed by atoms with Gasteiger partial charge >= 0.3 is 0 Å². The Morgan fingerprint density at radius 1 is 1.69 bits per heavy atom. The van der Waals surface area contributed by atoms with Gasteiger partial charge < -0.3 is 10.8 Å². The van der Waals surface area contributed by atoms with Crippen molar-refractivity contribution in [2.45, 2.75) is 19.4 Å². The van der Waals surface area contributed by atoms with Gasteiger partial charge in [-0.25, -0.2) is 4.39 Å². The standard InChI is InChI=1S/C10H16FNO/c1-4-8(9(12)5-6-13)10(11)7(2)3/h4,9,13H,1-2,5-6,12H2,3H3/b10-8-. The maximum Gasteiger partial charge on any atom is 0.130 e. The first-order chi connectivity index (χ1) is 6.04. The summed E-state index contributed by atoms with van der Waals surface area (Å²) in [5, 5.41) is 8.62. The van der Waals surface area contributed by atoms with Gasteiger partial charge in [-0.1, -0.05) is 19.2 Å². The minimum absolute atomic E-state index is 0.0675. The zero-order valence-corrected chi connectivity index (χ0v) is 7.89. The van der Waals surface area contributed by atoms with Crippen molar-refractivity contribution in [1.29, 1.82) is 0 Å². The predicted octanol–water partition coefficient (Wildman–Crippen LogP) is 1.68. The molecule has 0 aliphatic rings. The minimum Gasteiger partial charge on any atom is -0.396 e. The van der Waals surface area contributed by atoms with Gasteiger partial charge in [0.2, 0.25) is 0 Å². The highest BCUT2D eigenvalue weighted by Crippen LogP contribution is 2.18. The maximum absolute atomic E-state index is 13.3. The number of halogens is 1. The molecule has 3 heteroatoms. The number of rotatable bonds is 5. The number of nitrogens with two attached hydrogens (primary N) is 1. The van der Waals surface area contributed by atoms with Crippen molar-refractivity contribution in [3.63, 3.8) is 0 Å². The number of hydrogen-bond acceptors (Lipinski definition) is 2. The van der Waals surface area contributed by atoms with Gasteiger partial charge in [-0.2, -0.15) is 0 Å². The van der Waals surface area contributed by atoms with Crippen molar-refractivity contribution in [3.8, 4) is 0 Å². The number of hydrogen-bond donors (Lipinski definition) is 2. The van der Waals surface area contributed by atoms with Crippen LogP contribution in [0.5, 0.6) is 0 Å². The molecule has 1 unspecified atom stereocenters. The Labute approximate surface area is 78.3 Å². The van der Waals surface area contributed by atoms with Gasteiger partial charge in [0.15, 0.2) is 0 Å². The number of aliphatic hydroxyl groups excluding tert-OH is 1. The summed E-state index contributed by atoms with van der Waals surface area (Å²) in [4.78, 5) is 0. The highest BCUT2D eigenvalue weighted by Gasteiger charge is 2.11. The molecular formula is C10H16FNO. The first kappa shape index (κ1) is 12.1. The lowest BCUT2D eigenvalue weighted by molar-refractivity contribution is 0.281. The van der Waals surface area contributed by atoms with E-state index in [-0.39, 0.29) is 6.61 Å². The largest absolute Gasteiger partial charge is 0.396 e. The third-order valence-electron chi connectivity index (χ3n) is 1.69. The van der Waals surface area contributed by atoms with E-state index >= 15 is 0 Å². The molecule has 0 aliphatic heterocycles. The number of allylic oxidation sites excluding steroid dienone is 2. The second-order valence-electron chi connectivity index (χ2n) is 2.87. The van der Waals surface area contributed by atoms with Crippen molar-refractivity contribution in [1.82, 2.24) is 0 Å². The molecule has 0 aromatic carbocycles. The van der Waals surface area contributed by atoms with E-state index in [1.54, 1.807) is 6.92 Å². The molecule has 1 atom stereocenters. The average Bonchev–Trinajstić information content (AvgIpc) is 2.05. The fourth-order valence-corrected chi connectivity index (χ4v) is 0.945. The van der Waals surface area contributed by atoms with Gasteiger partial charge in [-0.3, -0.25) is 0 Å². The van der Waals surface area contributed by atoms with Crippen molar-refractivity contribution >= 4 is 0 Å². The van der Waals surface area contributed by atoms with Crippen LogP contribution in [0.1, 0.15) is 13.3 Å². The Morgan fingerprint density at radius 3 is 2.54 bits per heavy atom. The van der Waals surface area contributed by atoms with Crippen LogP contribution in [0.3, 0.4) is 0 Å². The van der Waals surface area contributed by atoms with Crippen molar-refractivity contribution in [2.24, 2.45) is 5.73 Å². The molecule has 0 saturated heterocycles. The first-order valence-electron chi connectivity index (χ1n) is 4.09. The lowest BCUT2D eigenvalue weighted by Crippen LogP contribution is -2.24. The van der Waals surface area contributed by atoms with Crippen LogP contribution in [0.25, 0.3) is 0 Å². The monoisotopic (exact) mass is 185 g/mol. The number of aliphatic hydroxyl groups is 1. The van der Waals surface area contributed by atoms with Crippen LogP contribution in [0.15, 0.2) is 36.2 Å². The van der Waals surface area contributed by atoms with Gasteiger partial charge in [-0.15, -0.1) is 0 Å². The summed E-state index contributed by atoms with van der Waals surface area (Å²) >= 11 is 0. The molecule has 0 aromatic heterocycles. The van der Waals surface area contributed by atoms with E-state index in [0.717, 1.165) is 0 Å². The summed E-state index contributed by atoms with van der Waals surface area (Å²) < 4.78 is 13.3. The average molecular weight is 185 g/mol. The maximum atomic E-state index is 13.3. The molecule has 0 heterocycles. The lowest BCUT2D eigenvalue weighted by atomic mass is 10.0. The van der Waals surface area contributed by atoms with Gasteiger partial charge in [0.1, 0.15) is 5.83 Å². The Hall–Kier alpha value is -0.930. The molecule has 3 N–H and O–H groups in total. The lowest BCUT2D eigenvalue weighted by Gasteiger charge is -2.12. The molecular weight excluding hydrogens is 169 g/mol. The van der Waals surface area contributed by atoms with E-state index in [0.29, 0.717) is 17.6 Å². The molecule has 0 bridgehead atoms. The molecule has 0 fully saturated rings. The second kappa shape index (κ2) is 5.67. The fourth-order valence-electron chi connectivity index (χ4n) is 0.945. The molecule has 13 heavy (non-hydrogen) atoms. The van der Waals surface area contributed by atoms with Crippen molar-refractivity contribution < 1.29 is 9.50 Å². The van der Waals surface area contributed by atoms with Crippen LogP contribution < -0.4 is 5.73 Å². The van der Waals surface area contributed by atoms with Crippen LogP contribution in [0.4, 0.5) is 4.39 Å². The molecule has 0 aromatic rings. The molecule has 0 saturated carbocycles. The van der Waals surface area contributed by atoms with E-state index in [4.69, 9.17) is 10.8 Å². The van der Waals surface area contributed by atoms with Crippen LogP contribution in [0.2, 0.25) is 0 Å². The summed E-state index contributed by atoms with van der Waals surface area (Å²) in [6, 6.07) is -0.515. The van der Waals surface area contributed by atoms with Crippen molar-refractivity contribution in [3.05, 3.63) is 36.2 Å². The highest BCUT2D eigenvalue weighted by molar-refractivity contribution is 5.35. The highest BCUT2D eigenvalue weighted by atomic mass is 19.1. The normalized spacial score (nSPS) is 14.8. The molecule has 74 valence electrons. The summed E-state index contributed by atoms with van der Waals surface area (Å²) in [5.74, 6) is -0.434. The zero-order valence-electron chi connectivity index (χ0n) is 7.89. The minimum atomic E-state index is -0.515. The molecule has 0 rings (SSSR count). The van der Waals surface area contributed by atoms with Crippen LogP contribution >= 0.6 is 0 Å². The van der Waals surface area contributed by atoms with Gasteiger partial charge in [0, 0.05) is 18.2 Å². The predicted molar refractivity (Wildman–Crippen MR) is 52.8 cm³/mol. The Morgan fingerprint density at radius 2 is 2.23 bits per heavy atom. The van der Waals surface area contributed by atoms with E-state index in [1.807, 2.05) is 0 Å². The zero-order chi connectivity index (χ0) is 10.4. The van der Waals surface area contributed by atoms with E-state index in [1.165, 1.54) is 6.08 Å². The summed E-state index contributed by atoms with van der Waals surface area (Å²) in [6.07, 6.45) is 1.69. The second-order valence-corrected chi connectivity index (χ2v) is 2.87. The molecule has 0 amide bonds. The smallest absolute Gasteiger partial charge is 0.130 e. The summed E-state index contributed by atoms with van der Waals surface area (Å²) in [7, 11) is 0. The third kappa shape index (κ3) is 3.53. The topological polar surface area (TPSA) is 46.2 Å². The van der Waals surface area contributed by atoms with Gasteiger partial charge in [0.25, 0.3) is 0 Å². The van der Waals surface area contributed by atoms with Crippen LogP contribution in [0, 0.1) is 0 Å². The fraction of sp³-hybridized carbons (Fsp3) is 0.400. The van der Waals surface area contributed by atoms with Crippen LogP contribution in [-0.4, -0.2) is 17.8 Å². The van der Waals surface area contributed by atoms with E-state index in [9.17, 15) is 4.39 Å². The van der Waals surface area contributed by atoms with E-state index in [2.05, 4.69) is 13.2 Å². The van der Waals surface area contributed by atoms with Crippen molar-refractivity contribution in [2.75, 3.05) is 6.61 Å². The summed E-state index contributed by atoms with van der Waals surface area (Å²) in [6.45, 7) is 8.43. The quantitative estimate of drug-likeness (QED) is 0.640. The summed E-state index contributed by atoms with van der Waals surface area (Å²) in [5.41, 5.74) is 6.24. The Bertz CT molecular complexity index is 233. The third-order valence-corrected chi connectivity index (χ3v) is 1.69. The molecule has 0 radical (unpaired) electrons. The Balaban J connectivity index is 4.76.